The number of piperazine rings is 1. The van der Waals surface area contributed by atoms with Gasteiger partial charge in [-0.05, 0) is 25.2 Å². The molecule has 6 heteroatoms. The van der Waals surface area contributed by atoms with Crippen molar-refractivity contribution in [2.75, 3.05) is 40.3 Å². The molecule has 1 unspecified atom stereocenters. The second-order valence-electron chi connectivity index (χ2n) is 4.99. The van der Waals surface area contributed by atoms with E-state index < -0.39 is 0 Å². The first-order chi connectivity index (χ1) is 9.56. The molecule has 0 radical (unpaired) electrons. The van der Waals surface area contributed by atoms with Gasteiger partial charge < -0.3 is 20.3 Å². The van der Waals surface area contributed by atoms with Gasteiger partial charge in [-0.25, -0.2) is 0 Å². The molecule has 1 saturated heterocycles. The quantitative estimate of drug-likeness (QED) is 0.906. The van der Waals surface area contributed by atoms with Crippen molar-refractivity contribution in [2.24, 2.45) is 5.73 Å². The molecular formula is C14H20ClN3O2. The second kappa shape index (κ2) is 6.43. The van der Waals surface area contributed by atoms with Crippen LogP contribution in [0.4, 0.5) is 0 Å². The van der Waals surface area contributed by atoms with Crippen molar-refractivity contribution in [1.29, 1.82) is 0 Å². The Hall–Kier alpha value is -1.30. The average molecular weight is 298 g/mol. The molecule has 0 aliphatic carbocycles. The predicted octanol–water partition coefficient (Wildman–Crippen LogP) is 1.06. The Kier molecular flexibility index (Phi) is 4.86. The van der Waals surface area contributed by atoms with E-state index in [0.717, 1.165) is 13.1 Å². The number of hydrogen-bond donors (Lipinski definition) is 1. The van der Waals surface area contributed by atoms with Crippen LogP contribution in [-0.4, -0.2) is 62.1 Å². The Morgan fingerprint density at radius 1 is 1.50 bits per heavy atom. The summed E-state index contributed by atoms with van der Waals surface area (Å²) >= 11 is 5.99. The van der Waals surface area contributed by atoms with E-state index >= 15 is 0 Å². The van der Waals surface area contributed by atoms with E-state index in [1.54, 1.807) is 25.3 Å². The number of halogens is 1. The zero-order valence-electron chi connectivity index (χ0n) is 11.8. The minimum atomic E-state index is -0.0760. The van der Waals surface area contributed by atoms with Gasteiger partial charge in [0.05, 0.1) is 18.7 Å². The molecule has 1 amide bonds. The van der Waals surface area contributed by atoms with Gasteiger partial charge in [0.2, 0.25) is 0 Å². The highest BCUT2D eigenvalue weighted by molar-refractivity contribution is 6.31. The second-order valence-corrected chi connectivity index (χ2v) is 5.43. The number of amides is 1. The van der Waals surface area contributed by atoms with Crippen molar-refractivity contribution >= 4 is 17.5 Å². The van der Waals surface area contributed by atoms with E-state index in [0.29, 0.717) is 29.4 Å². The fourth-order valence-corrected chi connectivity index (χ4v) is 2.65. The number of hydrogen-bond acceptors (Lipinski definition) is 4. The number of methoxy groups -OCH3 is 1. The van der Waals surface area contributed by atoms with Gasteiger partial charge in [-0.1, -0.05) is 11.6 Å². The number of nitrogens with two attached hydrogens (primary N) is 1. The third-order valence-corrected chi connectivity index (χ3v) is 3.85. The van der Waals surface area contributed by atoms with Crippen molar-refractivity contribution in [2.45, 2.75) is 6.04 Å². The first-order valence-electron chi connectivity index (χ1n) is 6.60. The maximum atomic E-state index is 12.7. The highest BCUT2D eigenvalue weighted by atomic mass is 35.5. The Balaban J connectivity index is 2.28. The molecule has 5 nitrogen and oxygen atoms in total. The summed E-state index contributed by atoms with van der Waals surface area (Å²) in [6, 6.07) is 5.09. The van der Waals surface area contributed by atoms with Gasteiger partial charge in [0.25, 0.3) is 5.91 Å². The van der Waals surface area contributed by atoms with Gasteiger partial charge in [0.15, 0.2) is 0 Å². The van der Waals surface area contributed by atoms with Gasteiger partial charge in [0.1, 0.15) is 5.75 Å². The van der Waals surface area contributed by atoms with Crippen molar-refractivity contribution < 1.29 is 9.53 Å². The zero-order chi connectivity index (χ0) is 14.7. The van der Waals surface area contributed by atoms with Gasteiger partial charge >= 0.3 is 0 Å². The van der Waals surface area contributed by atoms with Crippen LogP contribution < -0.4 is 10.5 Å². The summed E-state index contributed by atoms with van der Waals surface area (Å²) in [7, 11) is 3.58. The molecular weight excluding hydrogens is 278 g/mol. The highest BCUT2D eigenvalue weighted by Gasteiger charge is 2.30. The SMILES string of the molecule is COc1ccc(Cl)cc1C(=O)N1CCN(C)CC1CN. The predicted molar refractivity (Wildman–Crippen MR) is 79.4 cm³/mol. The maximum absolute atomic E-state index is 12.7. The van der Waals surface area contributed by atoms with Gasteiger partial charge in [-0.2, -0.15) is 0 Å². The molecule has 2 N–H and O–H groups in total. The normalized spacial score (nSPS) is 20.0. The average Bonchev–Trinajstić information content (AvgIpc) is 2.46. The lowest BCUT2D eigenvalue weighted by Crippen LogP contribution is -2.56. The van der Waals surface area contributed by atoms with E-state index in [1.807, 2.05) is 11.9 Å². The van der Waals surface area contributed by atoms with Crippen molar-refractivity contribution in [3.63, 3.8) is 0 Å². The monoisotopic (exact) mass is 297 g/mol. The van der Waals surface area contributed by atoms with Crippen LogP contribution >= 0.6 is 11.6 Å². The van der Waals surface area contributed by atoms with Crippen LogP contribution in [0.3, 0.4) is 0 Å². The van der Waals surface area contributed by atoms with Crippen LogP contribution in [0.1, 0.15) is 10.4 Å². The van der Waals surface area contributed by atoms with E-state index in [4.69, 9.17) is 22.1 Å². The molecule has 1 aliphatic heterocycles. The molecule has 1 aliphatic rings. The van der Waals surface area contributed by atoms with Crippen LogP contribution in [0.2, 0.25) is 5.02 Å². The zero-order valence-corrected chi connectivity index (χ0v) is 12.6. The number of nitrogens with zero attached hydrogens (tertiary/aromatic N) is 2. The third kappa shape index (κ3) is 3.06. The smallest absolute Gasteiger partial charge is 0.258 e. The van der Waals surface area contributed by atoms with Crippen molar-refractivity contribution in [1.82, 2.24) is 9.80 Å². The lowest BCUT2D eigenvalue weighted by Gasteiger charge is -2.39. The summed E-state index contributed by atoms with van der Waals surface area (Å²) in [4.78, 5) is 16.7. The Morgan fingerprint density at radius 2 is 2.25 bits per heavy atom. The van der Waals surface area contributed by atoms with E-state index in [9.17, 15) is 4.79 Å². The number of ether oxygens (including phenoxy) is 1. The molecule has 0 spiro atoms. The number of rotatable bonds is 3. The van der Waals surface area contributed by atoms with Gasteiger partial charge in [-0.15, -0.1) is 0 Å². The Bertz CT molecular complexity index is 495. The first-order valence-corrected chi connectivity index (χ1v) is 6.97. The summed E-state index contributed by atoms with van der Waals surface area (Å²) in [6.07, 6.45) is 0. The molecule has 1 atom stereocenters. The summed E-state index contributed by atoms with van der Waals surface area (Å²) < 4.78 is 5.25. The molecule has 20 heavy (non-hydrogen) atoms. The summed E-state index contributed by atoms with van der Waals surface area (Å²) in [5.74, 6) is 0.460. The van der Waals surface area contributed by atoms with Crippen LogP contribution in [0.5, 0.6) is 5.75 Å². The number of benzene rings is 1. The topological polar surface area (TPSA) is 58.8 Å². The largest absolute Gasteiger partial charge is 0.496 e. The van der Waals surface area contributed by atoms with Crippen molar-refractivity contribution in [3.05, 3.63) is 28.8 Å². The van der Waals surface area contributed by atoms with Crippen LogP contribution in [0.15, 0.2) is 18.2 Å². The lowest BCUT2D eigenvalue weighted by molar-refractivity contribution is 0.0513. The molecule has 1 heterocycles. The van der Waals surface area contributed by atoms with Crippen LogP contribution in [0.25, 0.3) is 0 Å². The molecule has 110 valence electrons. The fourth-order valence-electron chi connectivity index (χ4n) is 2.48. The van der Waals surface area contributed by atoms with Crippen molar-refractivity contribution in [3.8, 4) is 5.75 Å². The van der Waals surface area contributed by atoms with Gasteiger partial charge in [0, 0.05) is 31.2 Å². The molecule has 0 aromatic heterocycles. The third-order valence-electron chi connectivity index (χ3n) is 3.61. The van der Waals surface area contributed by atoms with E-state index in [-0.39, 0.29) is 11.9 Å². The molecule has 1 aromatic rings. The summed E-state index contributed by atoms with van der Waals surface area (Å²) in [5.41, 5.74) is 6.28. The lowest BCUT2D eigenvalue weighted by atomic mass is 10.1. The molecule has 1 aromatic carbocycles. The highest BCUT2D eigenvalue weighted by Crippen LogP contribution is 2.25. The minimum absolute atomic E-state index is 0.0185. The van der Waals surface area contributed by atoms with Crippen LogP contribution in [-0.2, 0) is 0 Å². The van der Waals surface area contributed by atoms with Gasteiger partial charge in [-0.3, -0.25) is 4.79 Å². The Morgan fingerprint density at radius 3 is 2.90 bits per heavy atom. The van der Waals surface area contributed by atoms with Crippen LogP contribution in [0, 0.1) is 0 Å². The fraction of sp³-hybridized carbons (Fsp3) is 0.500. The number of carbonyl (C=O) groups is 1. The Labute approximate surface area is 124 Å². The standard InChI is InChI=1S/C14H20ClN3O2/c1-17-5-6-18(11(8-16)9-17)14(19)12-7-10(15)3-4-13(12)20-2/h3-4,7,11H,5-6,8-9,16H2,1-2H3. The summed E-state index contributed by atoms with van der Waals surface area (Å²) in [6.45, 7) is 2.72. The number of likely N-dealkylation sites (N-methyl/N-ethyl adjacent to an activating group) is 1. The number of carbonyl (C=O) groups excluding carboxylic acids is 1. The van der Waals surface area contributed by atoms with E-state index in [2.05, 4.69) is 4.90 Å². The summed E-state index contributed by atoms with van der Waals surface area (Å²) in [5, 5.41) is 0.521. The molecule has 0 saturated carbocycles. The molecule has 2 rings (SSSR count). The van der Waals surface area contributed by atoms with E-state index in [1.165, 1.54) is 0 Å². The first kappa shape index (κ1) is 15.1. The molecule has 1 fully saturated rings. The minimum Gasteiger partial charge on any atom is -0.496 e. The maximum Gasteiger partial charge on any atom is 0.258 e. The molecule has 0 bridgehead atoms.